The van der Waals surface area contributed by atoms with Crippen molar-refractivity contribution in [1.29, 1.82) is 0 Å². The number of para-hydroxylation sites is 1. The number of aliphatic imine (C=N–C) groups is 1. The molecule has 7 heteroatoms. The Morgan fingerprint density at radius 2 is 2.09 bits per heavy atom. The molecule has 4 nitrogen and oxygen atoms in total. The van der Waals surface area contributed by atoms with Gasteiger partial charge in [-0.25, -0.2) is 0 Å². The molecule has 1 N–H and O–H groups in total. The Kier molecular flexibility index (Phi) is 5.87. The highest BCUT2D eigenvalue weighted by molar-refractivity contribution is 5.97. The van der Waals surface area contributed by atoms with Gasteiger partial charge >= 0.3 is 6.18 Å². The van der Waals surface area contributed by atoms with E-state index < -0.39 is 12.7 Å². The SMILES string of the molecule is CN=C(NCCCN(C)CC(F)(F)F)N1CCc2ccccc21. The van der Waals surface area contributed by atoms with E-state index in [0.717, 1.165) is 24.6 Å². The summed E-state index contributed by atoms with van der Waals surface area (Å²) in [6, 6.07) is 8.19. The summed E-state index contributed by atoms with van der Waals surface area (Å²) in [5, 5.41) is 3.24. The molecule has 2 rings (SSSR count). The number of rotatable bonds is 5. The first-order valence-corrected chi connectivity index (χ1v) is 7.72. The van der Waals surface area contributed by atoms with Crippen molar-refractivity contribution in [3.63, 3.8) is 0 Å². The van der Waals surface area contributed by atoms with Crippen LogP contribution in [-0.4, -0.2) is 57.3 Å². The molecule has 0 bridgehead atoms. The lowest BCUT2D eigenvalue weighted by molar-refractivity contribution is -0.143. The maximum absolute atomic E-state index is 12.3. The van der Waals surface area contributed by atoms with Gasteiger partial charge in [-0.1, -0.05) is 18.2 Å². The van der Waals surface area contributed by atoms with Crippen LogP contribution in [0, 0.1) is 0 Å². The highest BCUT2D eigenvalue weighted by Gasteiger charge is 2.28. The molecule has 128 valence electrons. The Balaban J connectivity index is 1.79. The highest BCUT2D eigenvalue weighted by atomic mass is 19.4. The molecular formula is C16H23F3N4. The van der Waals surface area contributed by atoms with Gasteiger partial charge < -0.3 is 10.2 Å². The number of halogens is 3. The summed E-state index contributed by atoms with van der Waals surface area (Å²) in [4.78, 5) is 7.69. The molecule has 0 radical (unpaired) electrons. The molecule has 1 aromatic carbocycles. The zero-order valence-corrected chi connectivity index (χ0v) is 13.5. The fourth-order valence-corrected chi connectivity index (χ4v) is 2.79. The smallest absolute Gasteiger partial charge is 0.356 e. The molecule has 1 aliphatic heterocycles. The molecule has 0 unspecified atom stereocenters. The largest absolute Gasteiger partial charge is 0.401 e. The number of hydrogen-bond donors (Lipinski definition) is 1. The van der Waals surface area contributed by atoms with E-state index in [1.807, 2.05) is 12.1 Å². The second kappa shape index (κ2) is 7.68. The third-order valence-electron chi connectivity index (χ3n) is 3.80. The topological polar surface area (TPSA) is 30.9 Å². The molecule has 0 aliphatic carbocycles. The lowest BCUT2D eigenvalue weighted by Crippen LogP contribution is -2.41. The number of fused-ring (bicyclic) bond motifs is 1. The van der Waals surface area contributed by atoms with E-state index in [4.69, 9.17) is 0 Å². The molecule has 0 atom stereocenters. The van der Waals surface area contributed by atoms with Gasteiger partial charge in [0.15, 0.2) is 5.96 Å². The van der Waals surface area contributed by atoms with Gasteiger partial charge in [0.2, 0.25) is 0 Å². The molecule has 0 spiro atoms. The van der Waals surface area contributed by atoms with Crippen LogP contribution in [-0.2, 0) is 6.42 Å². The van der Waals surface area contributed by atoms with Crippen LogP contribution >= 0.6 is 0 Å². The quantitative estimate of drug-likeness (QED) is 0.512. The number of nitrogens with zero attached hydrogens (tertiary/aromatic N) is 3. The van der Waals surface area contributed by atoms with Crippen LogP contribution in [0.2, 0.25) is 0 Å². The Morgan fingerprint density at radius 3 is 2.78 bits per heavy atom. The Morgan fingerprint density at radius 1 is 1.35 bits per heavy atom. The van der Waals surface area contributed by atoms with Crippen LogP contribution in [0.15, 0.2) is 29.3 Å². The molecular weight excluding hydrogens is 305 g/mol. The van der Waals surface area contributed by atoms with Gasteiger partial charge in [-0.15, -0.1) is 0 Å². The van der Waals surface area contributed by atoms with Crippen molar-refractivity contribution in [1.82, 2.24) is 10.2 Å². The van der Waals surface area contributed by atoms with Crippen molar-refractivity contribution in [3.05, 3.63) is 29.8 Å². The summed E-state index contributed by atoms with van der Waals surface area (Å²) < 4.78 is 36.8. The van der Waals surface area contributed by atoms with Crippen LogP contribution in [0.1, 0.15) is 12.0 Å². The highest BCUT2D eigenvalue weighted by Crippen LogP contribution is 2.27. The number of nitrogens with one attached hydrogen (secondary N) is 1. The van der Waals surface area contributed by atoms with Gasteiger partial charge in [0, 0.05) is 25.8 Å². The molecule has 23 heavy (non-hydrogen) atoms. The third-order valence-corrected chi connectivity index (χ3v) is 3.80. The first-order chi connectivity index (χ1) is 10.9. The normalized spacial score (nSPS) is 15.2. The summed E-state index contributed by atoms with van der Waals surface area (Å²) in [5.41, 5.74) is 2.44. The van der Waals surface area contributed by atoms with Crippen LogP contribution in [0.25, 0.3) is 0 Å². The molecule has 1 aromatic rings. The second-order valence-corrected chi connectivity index (χ2v) is 5.71. The number of benzene rings is 1. The fraction of sp³-hybridized carbons (Fsp3) is 0.562. The number of anilines is 1. The first kappa shape index (κ1) is 17.6. The summed E-state index contributed by atoms with van der Waals surface area (Å²) in [6.07, 6.45) is -2.54. The minimum atomic E-state index is -4.14. The molecule has 1 heterocycles. The van der Waals surface area contributed by atoms with Gasteiger partial charge in [0.1, 0.15) is 0 Å². The first-order valence-electron chi connectivity index (χ1n) is 7.72. The van der Waals surface area contributed by atoms with Gasteiger partial charge in [-0.2, -0.15) is 13.2 Å². The Labute approximate surface area is 135 Å². The van der Waals surface area contributed by atoms with Gasteiger partial charge in [-0.05, 0) is 38.1 Å². The summed E-state index contributed by atoms with van der Waals surface area (Å²) >= 11 is 0. The lowest BCUT2D eigenvalue weighted by atomic mass is 10.2. The van der Waals surface area contributed by atoms with Crippen LogP contribution in [0.5, 0.6) is 0 Å². The third kappa shape index (κ3) is 5.13. The number of guanidine groups is 1. The Hall–Kier alpha value is -1.76. The average molecular weight is 328 g/mol. The Bertz CT molecular complexity index is 542. The molecule has 0 fully saturated rings. The number of hydrogen-bond acceptors (Lipinski definition) is 2. The minimum absolute atomic E-state index is 0.389. The minimum Gasteiger partial charge on any atom is -0.356 e. The van der Waals surface area contributed by atoms with Crippen molar-refractivity contribution in [2.24, 2.45) is 4.99 Å². The molecule has 1 aliphatic rings. The van der Waals surface area contributed by atoms with E-state index in [-0.39, 0.29) is 0 Å². The van der Waals surface area contributed by atoms with Crippen molar-refractivity contribution in [2.45, 2.75) is 19.0 Å². The second-order valence-electron chi connectivity index (χ2n) is 5.71. The maximum atomic E-state index is 12.3. The zero-order valence-electron chi connectivity index (χ0n) is 13.5. The number of alkyl halides is 3. The van der Waals surface area contributed by atoms with E-state index in [1.54, 1.807) is 7.05 Å². The van der Waals surface area contributed by atoms with E-state index >= 15 is 0 Å². The summed E-state index contributed by atoms with van der Waals surface area (Å²) in [7, 11) is 3.21. The van der Waals surface area contributed by atoms with Gasteiger partial charge in [0.25, 0.3) is 0 Å². The van der Waals surface area contributed by atoms with Crippen molar-refractivity contribution < 1.29 is 13.2 Å². The van der Waals surface area contributed by atoms with E-state index in [9.17, 15) is 13.2 Å². The average Bonchev–Trinajstić information content (AvgIpc) is 2.89. The van der Waals surface area contributed by atoms with Crippen LogP contribution in [0.3, 0.4) is 0 Å². The molecule has 0 amide bonds. The van der Waals surface area contributed by atoms with Crippen molar-refractivity contribution in [3.8, 4) is 0 Å². The summed E-state index contributed by atoms with van der Waals surface area (Å²) in [5.74, 6) is 0.772. The standard InChI is InChI=1S/C16H23F3N4/c1-20-15(21-9-5-10-22(2)12-16(17,18)19)23-11-8-13-6-3-4-7-14(13)23/h3-4,6-7H,5,8-12H2,1-2H3,(H,20,21). The fourth-order valence-electron chi connectivity index (χ4n) is 2.79. The lowest BCUT2D eigenvalue weighted by Gasteiger charge is -2.23. The predicted molar refractivity (Wildman–Crippen MR) is 87.0 cm³/mol. The molecule has 0 saturated heterocycles. The van der Waals surface area contributed by atoms with E-state index in [1.165, 1.54) is 17.5 Å². The monoisotopic (exact) mass is 328 g/mol. The van der Waals surface area contributed by atoms with Crippen LogP contribution < -0.4 is 10.2 Å². The van der Waals surface area contributed by atoms with Crippen molar-refractivity contribution >= 4 is 11.6 Å². The summed E-state index contributed by atoms with van der Waals surface area (Å²) in [6.45, 7) is 0.974. The van der Waals surface area contributed by atoms with Gasteiger partial charge in [0.05, 0.1) is 6.54 Å². The van der Waals surface area contributed by atoms with E-state index in [0.29, 0.717) is 19.5 Å². The van der Waals surface area contributed by atoms with Crippen molar-refractivity contribution in [2.75, 3.05) is 45.2 Å². The van der Waals surface area contributed by atoms with E-state index in [2.05, 4.69) is 27.3 Å². The zero-order chi connectivity index (χ0) is 16.9. The maximum Gasteiger partial charge on any atom is 0.401 e. The predicted octanol–water partition coefficient (Wildman–Crippen LogP) is 2.51. The van der Waals surface area contributed by atoms with Gasteiger partial charge in [-0.3, -0.25) is 9.89 Å². The molecule has 0 saturated carbocycles. The van der Waals surface area contributed by atoms with Crippen LogP contribution in [0.4, 0.5) is 18.9 Å². The molecule has 0 aromatic heterocycles.